The third kappa shape index (κ3) is 3.87. The first-order valence-electron chi connectivity index (χ1n) is 6.80. The lowest BCUT2D eigenvalue weighted by molar-refractivity contribution is 0.0681. The van der Waals surface area contributed by atoms with E-state index in [1.807, 2.05) is 24.8 Å². The molecule has 20 heavy (non-hydrogen) atoms. The zero-order valence-electron chi connectivity index (χ0n) is 11.9. The molecular formula is C15H22Cl2N2O. The van der Waals surface area contributed by atoms with E-state index < -0.39 is 0 Å². The van der Waals surface area contributed by atoms with Crippen molar-refractivity contribution in [2.45, 2.75) is 32.7 Å². The summed E-state index contributed by atoms with van der Waals surface area (Å²) in [6.07, 6.45) is 1.99. The predicted molar refractivity (Wildman–Crippen MR) is 85.7 cm³/mol. The molecule has 1 unspecified atom stereocenters. The minimum Gasteiger partial charge on any atom is -0.339 e. The molecule has 1 aromatic carbocycles. The Morgan fingerprint density at radius 3 is 2.50 bits per heavy atom. The van der Waals surface area contributed by atoms with Crippen molar-refractivity contribution >= 4 is 29.9 Å². The van der Waals surface area contributed by atoms with Crippen LogP contribution in [-0.2, 0) is 0 Å². The van der Waals surface area contributed by atoms with Gasteiger partial charge in [-0.2, -0.15) is 0 Å². The van der Waals surface area contributed by atoms with Crippen LogP contribution in [0.4, 0.5) is 0 Å². The maximum atomic E-state index is 12.4. The van der Waals surface area contributed by atoms with Crippen LogP contribution >= 0.6 is 24.0 Å². The molecule has 1 heterocycles. The average molecular weight is 317 g/mol. The second-order valence-electron chi connectivity index (χ2n) is 5.45. The summed E-state index contributed by atoms with van der Waals surface area (Å²) in [5.74, 6) is 0.638. The van der Waals surface area contributed by atoms with Crippen LogP contribution in [0.25, 0.3) is 0 Å². The maximum Gasteiger partial charge on any atom is 0.253 e. The number of nitrogens with two attached hydrogens (primary N) is 1. The van der Waals surface area contributed by atoms with Crippen molar-refractivity contribution in [3.63, 3.8) is 0 Å². The Labute approximate surface area is 131 Å². The summed E-state index contributed by atoms with van der Waals surface area (Å²) in [6.45, 7) is 5.56. The highest BCUT2D eigenvalue weighted by Crippen LogP contribution is 2.22. The highest BCUT2D eigenvalue weighted by molar-refractivity contribution is 6.31. The van der Waals surface area contributed by atoms with Crippen LogP contribution in [0.3, 0.4) is 0 Å². The molecular weight excluding hydrogens is 295 g/mol. The van der Waals surface area contributed by atoms with E-state index in [1.54, 1.807) is 12.1 Å². The number of carbonyl (C=O) groups is 1. The largest absolute Gasteiger partial charge is 0.339 e. The summed E-state index contributed by atoms with van der Waals surface area (Å²) in [4.78, 5) is 14.3. The van der Waals surface area contributed by atoms with Gasteiger partial charge in [-0.05, 0) is 56.4 Å². The van der Waals surface area contributed by atoms with Gasteiger partial charge in [-0.3, -0.25) is 4.79 Å². The van der Waals surface area contributed by atoms with E-state index in [2.05, 4.69) is 0 Å². The van der Waals surface area contributed by atoms with Crippen molar-refractivity contribution in [1.82, 2.24) is 4.90 Å². The van der Waals surface area contributed by atoms with Gasteiger partial charge in [0.25, 0.3) is 5.91 Å². The van der Waals surface area contributed by atoms with Crippen LogP contribution in [-0.4, -0.2) is 29.9 Å². The van der Waals surface area contributed by atoms with Crippen molar-refractivity contribution in [1.29, 1.82) is 0 Å². The first-order chi connectivity index (χ1) is 8.99. The molecule has 1 aliphatic heterocycles. The molecule has 1 aromatic rings. The predicted octanol–water partition coefficient (Wildman–Crippen LogP) is 3.27. The van der Waals surface area contributed by atoms with Gasteiger partial charge in [0.2, 0.25) is 0 Å². The fourth-order valence-corrected chi connectivity index (χ4v) is 2.71. The third-order valence-electron chi connectivity index (χ3n) is 3.98. The van der Waals surface area contributed by atoms with E-state index in [9.17, 15) is 4.79 Å². The van der Waals surface area contributed by atoms with Crippen LogP contribution < -0.4 is 5.73 Å². The molecule has 1 aliphatic rings. The molecule has 0 radical (unpaired) electrons. The maximum absolute atomic E-state index is 12.4. The Kier molecular flexibility index (Phi) is 6.31. The van der Waals surface area contributed by atoms with E-state index in [1.165, 1.54) is 0 Å². The van der Waals surface area contributed by atoms with Crippen molar-refractivity contribution in [2.24, 2.45) is 11.7 Å². The monoisotopic (exact) mass is 316 g/mol. The number of likely N-dealkylation sites (tertiary alicyclic amines) is 1. The lowest BCUT2D eigenvalue weighted by Gasteiger charge is -2.33. The van der Waals surface area contributed by atoms with Gasteiger partial charge in [-0.15, -0.1) is 12.4 Å². The number of carbonyl (C=O) groups excluding carboxylic acids is 1. The molecule has 3 nitrogen and oxygen atoms in total. The van der Waals surface area contributed by atoms with Gasteiger partial charge in [-0.1, -0.05) is 11.6 Å². The molecule has 0 aromatic heterocycles. The van der Waals surface area contributed by atoms with E-state index in [4.69, 9.17) is 17.3 Å². The number of hydrogen-bond acceptors (Lipinski definition) is 2. The Bertz CT molecular complexity index is 469. The summed E-state index contributed by atoms with van der Waals surface area (Å²) in [5, 5.41) is 0.701. The second-order valence-corrected chi connectivity index (χ2v) is 5.86. The first kappa shape index (κ1) is 17.3. The summed E-state index contributed by atoms with van der Waals surface area (Å²) >= 11 is 5.99. The third-order valence-corrected chi connectivity index (χ3v) is 4.40. The topological polar surface area (TPSA) is 46.3 Å². The van der Waals surface area contributed by atoms with E-state index in [-0.39, 0.29) is 24.4 Å². The Morgan fingerprint density at radius 2 is 2.00 bits per heavy atom. The van der Waals surface area contributed by atoms with Crippen molar-refractivity contribution in [2.75, 3.05) is 13.1 Å². The fraction of sp³-hybridized carbons (Fsp3) is 0.533. The van der Waals surface area contributed by atoms with Crippen LogP contribution in [0.1, 0.15) is 35.7 Å². The molecule has 0 spiro atoms. The SMILES string of the molecule is Cc1cc(C(=O)N2CCC(C(C)N)CC2)ccc1Cl.Cl. The normalized spacial score (nSPS) is 17.5. The molecule has 1 amide bonds. The fourth-order valence-electron chi connectivity index (χ4n) is 2.59. The van der Waals surface area contributed by atoms with Crippen molar-refractivity contribution < 1.29 is 4.79 Å². The van der Waals surface area contributed by atoms with E-state index in [0.29, 0.717) is 10.9 Å². The summed E-state index contributed by atoms with van der Waals surface area (Å²) < 4.78 is 0. The number of amides is 1. The highest BCUT2D eigenvalue weighted by Gasteiger charge is 2.25. The molecule has 2 rings (SSSR count). The number of piperidine rings is 1. The molecule has 5 heteroatoms. The number of aryl methyl sites for hydroxylation is 1. The molecule has 2 N–H and O–H groups in total. The van der Waals surface area contributed by atoms with Crippen molar-refractivity contribution in [3.05, 3.63) is 34.3 Å². The number of nitrogens with zero attached hydrogens (tertiary/aromatic N) is 1. The van der Waals surface area contributed by atoms with E-state index in [0.717, 1.165) is 37.1 Å². The number of hydrogen-bond donors (Lipinski definition) is 1. The lowest BCUT2D eigenvalue weighted by Crippen LogP contribution is -2.42. The van der Waals surface area contributed by atoms with Crippen molar-refractivity contribution in [3.8, 4) is 0 Å². The molecule has 0 aliphatic carbocycles. The summed E-state index contributed by atoms with van der Waals surface area (Å²) in [5.41, 5.74) is 7.58. The smallest absolute Gasteiger partial charge is 0.253 e. The summed E-state index contributed by atoms with van der Waals surface area (Å²) in [6, 6.07) is 5.67. The number of rotatable bonds is 2. The summed E-state index contributed by atoms with van der Waals surface area (Å²) in [7, 11) is 0. The van der Waals surface area contributed by atoms with Crippen LogP contribution in [0.5, 0.6) is 0 Å². The molecule has 0 saturated carbocycles. The number of halogens is 2. The standard InChI is InChI=1S/C15H21ClN2O.ClH/c1-10-9-13(3-4-14(10)16)15(19)18-7-5-12(6-8-18)11(2)17;/h3-4,9,11-12H,5-8,17H2,1-2H3;1H. The van der Waals surface area contributed by atoms with Gasteiger partial charge in [0, 0.05) is 29.7 Å². The molecule has 1 atom stereocenters. The van der Waals surface area contributed by atoms with E-state index >= 15 is 0 Å². The van der Waals surface area contributed by atoms with Crippen LogP contribution in [0.15, 0.2) is 18.2 Å². The van der Waals surface area contributed by atoms with Gasteiger partial charge >= 0.3 is 0 Å². The van der Waals surface area contributed by atoms with Gasteiger partial charge in [0.1, 0.15) is 0 Å². The van der Waals surface area contributed by atoms with Gasteiger partial charge in [0.15, 0.2) is 0 Å². The molecule has 112 valence electrons. The zero-order valence-corrected chi connectivity index (χ0v) is 13.5. The molecule has 1 fully saturated rings. The quantitative estimate of drug-likeness (QED) is 0.910. The average Bonchev–Trinajstić information content (AvgIpc) is 2.41. The van der Waals surface area contributed by atoms with Gasteiger partial charge in [-0.25, -0.2) is 0 Å². The Hall–Kier alpha value is -0.770. The first-order valence-corrected chi connectivity index (χ1v) is 7.18. The molecule has 0 bridgehead atoms. The van der Waals surface area contributed by atoms with Crippen LogP contribution in [0, 0.1) is 12.8 Å². The highest BCUT2D eigenvalue weighted by atomic mass is 35.5. The zero-order chi connectivity index (χ0) is 14.0. The molecule has 1 saturated heterocycles. The Balaban J connectivity index is 0.00000200. The van der Waals surface area contributed by atoms with Gasteiger partial charge in [0.05, 0.1) is 0 Å². The Morgan fingerprint density at radius 1 is 1.40 bits per heavy atom. The lowest BCUT2D eigenvalue weighted by atomic mass is 9.90. The van der Waals surface area contributed by atoms with Crippen LogP contribution in [0.2, 0.25) is 5.02 Å². The minimum absolute atomic E-state index is 0. The van der Waals surface area contributed by atoms with Gasteiger partial charge < -0.3 is 10.6 Å². The number of benzene rings is 1. The minimum atomic E-state index is 0. The second kappa shape index (κ2) is 7.30.